The Balaban J connectivity index is 1.39. The van der Waals surface area contributed by atoms with Crippen LogP contribution in [0.4, 0.5) is 21.6 Å². The van der Waals surface area contributed by atoms with Crippen molar-refractivity contribution < 1.29 is 32.2 Å². The number of halogens is 1. The second-order valence-electron chi connectivity index (χ2n) is 10.3. The number of aliphatic hydroxyl groups is 1. The molecule has 38 heavy (non-hydrogen) atoms. The number of sulfonamides is 1. The number of carbonyl (C=O) groups is 1. The van der Waals surface area contributed by atoms with Gasteiger partial charge in [-0.2, -0.15) is 0 Å². The summed E-state index contributed by atoms with van der Waals surface area (Å²) in [5.41, 5.74) is 1.74. The molecule has 1 aromatic carbocycles. The molecular formula is C26H33FN4O6S. The Bertz CT molecular complexity index is 1270. The lowest BCUT2D eigenvalue weighted by molar-refractivity contribution is 0.102. The van der Waals surface area contributed by atoms with Crippen LogP contribution in [0.1, 0.15) is 55.3 Å². The minimum Gasteiger partial charge on any atom is -0.486 e. The molecule has 2 heterocycles. The zero-order chi connectivity index (χ0) is 26.8. The highest BCUT2D eigenvalue weighted by molar-refractivity contribution is 7.92. The molecule has 3 aliphatic rings. The maximum atomic E-state index is 13.4. The molecule has 2 aliphatic carbocycles. The Morgan fingerprint density at radius 3 is 2.55 bits per heavy atom. The minimum absolute atomic E-state index is 0.0368. The predicted molar refractivity (Wildman–Crippen MR) is 141 cm³/mol. The fourth-order valence-corrected chi connectivity index (χ4v) is 5.66. The summed E-state index contributed by atoms with van der Waals surface area (Å²) in [5.74, 6) is -0.158. The van der Waals surface area contributed by atoms with Crippen LogP contribution in [0.5, 0.6) is 11.5 Å². The third-order valence-corrected chi connectivity index (χ3v) is 8.87. The Hall–Kier alpha value is -3.12. The summed E-state index contributed by atoms with van der Waals surface area (Å²) >= 11 is 0. The Kier molecular flexibility index (Phi) is 7.62. The van der Waals surface area contributed by atoms with E-state index in [0.29, 0.717) is 28.1 Å². The number of ether oxygens (including phenoxy) is 2. The van der Waals surface area contributed by atoms with Gasteiger partial charge in [0.1, 0.15) is 5.82 Å². The lowest BCUT2D eigenvalue weighted by Crippen LogP contribution is -2.36. The molecule has 2 aromatic rings. The van der Waals surface area contributed by atoms with E-state index in [9.17, 15) is 17.6 Å². The first-order valence-corrected chi connectivity index (χ1v) is 14.6. The standard InChI is InChI=1S/C26H33FN4O6S/c27-17-36-22-5-4-18(14-23(22)37-19-2-1-3-19)29-25(33)20-16-28-24(30-38(34,35)13-12-32)15-21(20)31-10-8-26(6-7-26)9-11-31/h4-5,14-16,19,32H,1-3,6-13,17H2,(H,28,30)(H,29,33). The SMILES string of the molecule is O=C(Nc1ccc(OCF)c(OC2CCC2)c1)c1cnc(NS(=O)(=O)CCO)cc1N1CCC2(CC1)CC2. The van der Waals surface area contributed by atoms with Gasteiger partial charge in [-0.05, 0) is 62.5 Å². The second-order valence-corrected chi connectivity index (χ2v) is 12.1. The second kappa shape index (κ2) is 10.9. The summed E-state index contributed by atoms with van der Waals surface area (Å²) < 4.78 is 50.6. The number of aromatic nitrogens is 1. The number of hydrogen-bond donors (Lipinski definition) is 3. The number of benzene rings is 1. The highest BCUT2D eigenvalue weighted by atomic mass is 32.2. The van der Waals surface area contributed by atoms with Crippen molar-refractivity contribution in [1.29, 1.82) is 0 Å². The molecular weight excluding hydrogens is 515 g/mol. The maximum absolute atomic E-state index is 13.4. The Morgan fingerprint density at radius 2 is 1.92 bits per heavy atom. The number of nitrogens with zero attached hydrogens (tertiary/aromatic N) is 2. The van der Waals surface area contributed by atoms with E-state index in [2.05, 4.69) is 19.9 Å². The van der Waals surface area contributed by atoms with Gasteiger partial charge in [-0.15, -0.1) is 0 Å². The predicted octanol–water partition coefficient (Wildman–Crippen LogP) is 3.69. The van der Waals surface area contributed by atoms with Gasteiger partial charge in [0.25, 0.3) is 5.91 Å². The van der Waals surface area contributed by atoms with Gasteiger partial charge < -0.3 is 24.8 Å². The number of pyridine rings is 1. The molecule has 1 aromatic heterocycles. The van der Waals surface area contributed by atoms with Gasteiger partial charge in [0, 0.05) is 37.1 Å². The first kappa shape index (κ1) is 26.5. The first-order chi connectivity index (χ1) is 18.3. The molecule has 0 atom stereocenters. The zero-order valence-electron chi connectivity index (χ0n) is 21.1. The van der Waals surface area contributed by atoms with E-state index in [4.69, 9.17) is 14.6 Å². The molecule has 1 spiro atoms. The molecule has 12 heteroatoms. The monoisotopic (exact) mass is 548 g/mol. The van der Waals surface area contributed by atoms with Crippen LogP contribution >= 0.6 is 0 Å². The number of nitrogens with one attached hydrogen (secondary N) is 2. The van der Waals surface area contributed by atoms with Crippen LogP contribution in [-0.2, 0) is 10.0 Å². The molecule has 206 valence electrons. The van der Waals surface area contributed by atoms with E-state index in [-0.39, 0.29) is 17.7 Å². The largest absolute Gasteiger partial charge is 0.486 e. The average molecular weight is 549 g/mol. The van der Waals surface area contributed by atoms with Crippen LogP contribution in [0.15, 0.2) is 30.5 Å². The van der Waals surface area contributed by atoms with E-state index in [1.165, 1.54) is 19.0 Å². The van der Waals surface area contributed by atoms with Gasteiger partial charge in [-0.25, -0.2) is 17.8 Å². The molecule has 5 rings (SSSR count). The van der Waals surface area contributed by atoms with Gasteiger partial charge in [0.15, 0.2) is 11.5 Å². The number of hydrogen-bond acceptors (Lipinski definition) is 8. The quantitative estimate of drug-likeness (QED) is 0.388. The molecule has 2 saturated carbocycles. The average Bonchev–Trinajstić information content (AvgIpc) is 3.61. The highest BCUT2D eigenvalue weighted by Gasteiger charge is 2.44. The number of anilines is 3. The van der Waals surface area contributed by atoms with Gasteiger partial charge in [-0.3, -0.25) is 9.52 Å². The number of alkyl halides is 1. The summed E-state index contributed by atoms with van der Waals surface area (Å²) in [6, 6.07) is 6.35. The summed E-state index contributed by atoms with van der Waals surface area (Å²) in [7, 11) is -3.78. The van der Waals surface area contributed by atoms with Crippen molar-refractivity contribution in [2.75, 3.05) is 47.2 Å². The van der Waals surface area contributed by atoms with Crippen LogP contribution in [0.2, 0.25) is 0 Å². The lowest BCUT2D eigenvalue weighted by atomic mass is 9.93. The molecule has 10 nitrogen and oxygen atoms in total. The van der Waals surface area contributed by atoms with Crippen molar-refractivity contribution in [2.24, 2.45) is 5.41 Å². The topological polar surface area (TPSA) is 130 Å². The smallest absolute Gasteiger partial charge is 0.259 e. The Labute approximate surface area is 221 Å². The molecule has 1 saturated heterocycles. The minimum atomic E-state index is -3.78. The van der Waals surface area contributed by atoms with E-state index in [1.807, 2.05) is 0 Å². The van der Waals surface area contributed by atoms with Gasteiger partial charge in [-0.1, -0.05) is 0 Å². The van der Waals surface area contributed by atoms with Crippen LogP contribution in [0.3, 0.4) is 0 Å². The first-order valence-electron chi connectivity index (χ1n) is 13.0. The molecule has 1 aliphatic heterocycles. The van der Waals surface area contributed by atoms with Crippen molar-refractivity contribution >= 4 is 33.1 Å². The summed E-state index contributed by atoms with van der Waals surface area (Å²) in [5, 5.41) is 11.9. The number of carbonyl (C=O) groups excluding carboxylic acids is 1. The third-order valence-electron chi connectivity index (χ3n) is 7.63. The lowest BCUT2D eigenvalue weighted by Gasteiger charge is -2.35. The van der Waals surface area contributed by atoms with Crippen LogP contribution < -0.4 is 24.4 Å². The fourth-order valence-electron chi connectivity index (χ4n) is 4.89. The number of rotatable bonds is 11. The van der Waals surface area contributed by atoms with Gasteiger partial charge in [0.2, 0.25) is 16.9 Å². The molecule has 0 radical (unpaired) electrons. The van der Waals surface area contributed by atoms with E-state index >= 15 is 0 Å². The van der Waals surface area contributed by atoms with Crippen LogP contribution in [-0.4, -0.2) is 62.8 Å². The number of amides is 1. The summed E-state index contributed by atoms with van der Waals surface area (Å²) in [6.07, 6.45) is 8.76. The van der Waals surface area contributed by atoms with Gasteiger partial charge in [0.05, 0.1) is 29.7 Å². The molecule has 0 bridgehead atoms. The van der Waals surface area contributed by atoms with Crippen LogP contribution in [0.25, 0.3) is 0 Å². The number of piperidine rings is 1. The van der Waals surface area contributed by atoms with E-state index < -0.39 is 35.2 Å². The van der Waals surface area contributed by atoms with Crippen molar-refractivity contribution in [1.82, 2.24) is 4.98 Å². The molecule has 1 amide bonds. The third kappa shape index (κ3) is 6.12. The van der Waals surface area contributed by atoms with Crippen molar-refractivity contribution in [3.05, 3.63) is 36.0 Å². The van der Waals surface area contributed by atoms with Gasteiger partial charge >= 0.3 is 0 Å². The zero-order valence-corrected chi connectivity index (χ0v) is 21.9. The number of aliphatic hydroxyl groups excluding tert-OH is 1. The van der Waals surface area contributed by atoms with E-state index in [0.717, 1.165) is 45.2 Å². The highest BCUT2D eigenvalue weighted by Crippen LogP contribution is 2.54. The summed E-state index contributed by atoms with van der Waals surface area (Å²) in [6.45, 7) is -0.00464. The molecule has 3 fully saturated rings. The van der Waals surface area contributed by atoms with Crippen molar-refractivity contribution in [3.63, 3.8) is 0 Å². The normalized spacial score (nSPS) is 18.5. The summed E-state index contributed by atoms with van der Waals surface area (Å²) in [4.78, 5) is 19.7. The Morgan fingerprint density at radius 1 is 1.16 bits per heavy atom. The van der Waals surface area contributed by atoms with Crippen molar-refractivity contribution in [3.8, 4) is 11.5 Å². The van der Waals surface area contributed by atoms with E-state index in [1.54, 1.807) is 24.3 Å². The van der Waals surface area contributed by atoms with Crippen molar-refractivity contribution in [2.45, 2.75) is 51.0 Å². The molecule has 3 N–H and O–H groups in total. The van der Waals surface area contributed by atoms with Crippen LogP contribution in [0, 0.1) is 5.41 Å². The fraction of sp³-hybridized carbons (Fsp3) is 0.538. The maximum Gasteiger partial charge on any atom is 0.259 e. The molecule has 0 unspecified atom stereocenters.